The van der Waals surface area contributed by atoms with Crippen LogP contribution in [-0.2, 0) is 4.79 Å². The third kappa shape index (κ3) is 6.57. The molecular formula is C18H19ClFNO3S. The maximum Gasteiger partial charge on any atom is 0.317 e. The van der Waals surface area contributed by atoms with E-state index in [4.69, 9.17) is 21.4 Å². The lowest BCUT2D eigenvalue weighted by Crippen LogP contribution is -2.29. The molecule has 0 bridgehead atoms. The van der Waals surface area contributed by atoms with Gasteiger partial charge in [0, 0.05) is 17.4 Å². The van der Waals surface area contributed by atoms with Crippen LogP contribution in [0.4, 0.5) is 4.39 Å². The van der Waals surface area contributed by atoms with Crippen LogP contribution in [0.3, 0.4) is 0 Å². The van der Waals surface area contributed by atoms with Crippen molar-refractivity contribution in [2.75, 3.05) is 19.7 Å². The van der Waals surface area contributed by atoms with E-state index in [1.807, 2.05) is 31.2 Å². The monoisotopic (exact) mass is 383 g/mol. The van der Waals surface area contributed by atoms with Gasteiger partial charge in [0.05, 0.1) is 23.1 Å². The molecule has 0 amide bonds. The van der Waals surface area contributed by atoms with Gasteiger partial charge in [-0.1, -0.05) is 42.4 Å². The molecule has 0 saturated carbocycles. The number of benzene rings is 2. The number of carbonyl (C=O) groups is 1. The largest absolute Gasteiger partial charge is 0.492 e. The van der Waals surface area contributed by atoms with Crippen molar-refractivity contribution < 1.29 is 19.0 Å². The van der Waals surface area contributed by atoms with E-state index in [1.165, 1.54) is 17.8 Å². The molecule has 7 heteroatoms. The van der Waals surface area contributed by atoms with Crippen LogP contribution in [0.5, 0.6) is 5.75 Å². The molecule has 0 aliphatic heterocycles. The molecule has 0 aromatic heterocycles. The van der Waals surface area contributed by atoms with Crippen molar-refractivity contribution in [1.82, 2.24) is 5.32 Å². The third-order valence-electron chi connectivity index (χ3n) is 3.26. The van der Waals surface area contributed by atoms with Gasteiger partial charge in [0.15, 0.2) is 0 Å². The number of carboxylic acid groups (broad SMARTS) is 1. The van der Waals surface area contributed by atoms with Gasteiger partial charge in [0.1, 0.15) is 11.6 Å². The average molecular weight is 384 g/mol. The number of halogens is 2. The number of ether oxygens (including phenoxy) is 1. The zero-order valence-electron chi connectivity index (χ0n) is 13.7. The number of nitrogens with one attached hydrogen (secondary N) is 1. The van der Waals surface area contributed by atoms with Crippen molar-refractivity contribution in [3.63, 3.8) is 0 Å². The van der Waals surface area contributed by atoms with Crippen molar-refractivity contribution in [3.05, 3.63) is 53.3 Å². The fourth-order valence-corrected chi connectivity index (χ4v) is 3.22. The number of aliphatic carboxylic acids is 1. The lowest BCUT2D eigenvalue weighted by Gasteiger charge is -2.15. The topological polar surface area (TPSA) is 58.6 Å². The molecule has 2 rings (SSSR count). The molecule has 134 valence electrons. The Morgan fingerprint density at radius 1 is 1.36 bits per heavy atom. The molecule has 1 unspecified atom stereocenters. The predicted octanol–water partition coefficient (Wildman–Crippen LogP) is 4.32. The summed E-state index contributed by atoms with van der Waals surface area (Å²) in [6.07, 6.45) is 0. The average Bonchev–Trinajstić information content (AvgIpc) is 2.57. The molecule has 2 aromatic carbocycles. The second kappa shape index (κ2) is 9.65. The SMILES string of the molecule is CC(CNCC(=O)O)COc1ccccc1Sc1ccc(F)c(Cl)c1. The summed E-state index contributed by atoms with van der Waals surface area (Å²) in [5.41, 5.74) is 0. The molecule has 0 radical (unpaired) electrons. The zero-order valence-corrected chi connectivity index (χ0v) is 15.2. The summed E-state index contributed by atoms with van der Waals surface area (Å²) in [4.78, 5) is 12.2. The van der Waals surface area contributed by atoms with E-state index in [9.17, 15) is 9.18 Å². The van der Waals surface area contributed by atoms with Gasteiger partial charge in [-0.25, -0.2) is 4.39 Å². The summed E-state index contributed by atoms with van der Waals surface area (Å²) < 4.78 is 19.1. The van der Waals surface area contributed by atoms with E-state index >= 15 is 0 Å². The van der Waals surface area contributed by atoms with Crippen LogP contribution in [0.25, 0.3) is 0 Å². The molecule has 0 spiro atoms. The molecule has 1 atom stereocenters. The van der Waals surface area contributed by atoms with E-state index in [0.717, 1.165) is 15.5 Å². The van der Waals surface area contributed by atoms with Crippen LogP contribution in [0.1, 0.15) is 6.92 Å². The van der Waals surface area contributed by atoms with Crippen molar-refractivity contribution in [2.24, 2.45) is 5.92 Å². The van der Waals surface area contributed by atoms with Crippen LogP contribution in [-0.4, -0.2) is 30.8 Å². The standard InChI is InChI=1S/C18H19ClFNO3S/c1-12(9-21-10-18(22)23)11-24-16-4-2-3-5-17(16)25-13-6-7-15(20)14(19)8-13/h2-8,12,21H,9-11H2,1H3,(H,22,23). The molecule has 2 aromatic rings. The molecule has 0 aliphatic rings. The van der Waals surface area contributed by atoms with Crippen LogP contribution >= 0.6 is 23.4 Å². The molecular weight excluding hydrogens is 365 g/mol. The highest BCUT2D eigenvalue weighted by atomic mass is 35.5. The van der Waals surface area contributed by atoms with Gasteiger partial charge in [0.2, 0.25) is 0 Å². The first-order valence-electron chi connectivity index (χ1n) is 7.73. The lowest BCUT2D eigenvalue weighted by atomic mass is 10.2. The molecule has 25 heavy (non-hydrogen) atoms. The summed E-state index contributed by atoms with van der Waals surface area (Å²) in [5, 5.41) is 11.6. The van der Waals surface area contributed by atoms with Gasteiger partial charge in [-0.3, -0.25) is 4.79 Å². The number of carboxylic acids is 1. The van der Waals surface area contributed by atoms with Gasteiger partial charge in [-0.15, -0.1) is 0 Å². The molecule has 4 nitrogen and oxygen atoms in total. The number of para-hydroxylation sites is 1. The Morgan fingerprint density at radius 2 is 2.12 bits per heavy atom. The fraction of sp³-hybridized carbons (Fsp3) is 0.278. The van der Waals surface area contributed by atoms with Crippen molar-refractivity contribution in [3.8, 4) is 5.75 Å². The lowest BCUT2D eigenvalue weighted by molar-refractivity contribution is -0.136. The number of rotatable bonds is 9. The Kier molecular flexibility index (Phi) is 7.55. The molecule has 2 N–H and O–H groups in total. The Bertz CT molecular complexity index is 729. The smallest absolute Gasteiger partial charge is 0.317 e. The Labute approximate surface area is 155 Å². The van der Waals surface area contributed by atoms with Crippen LogP contribution in [0.15, 0.2) is 52.3 Å². The number of hydrogen-bond donors (Lipinski definition) is 2. The first-order chi connectivity index (χ1) is 12.0. The second-order valence-electron chi connectivity index (χ2n) is 5.57. The highest BCUT2D eigenvalue weighted by Gasteiger charge is 2.10. The van der Waals surface area contributed by atoms with Gasteiger partial charge >= 0.3 is 5.97 Å². The zero-order chi connectivity index (χ0) is 18.2. The highest BCUT2D eigenvalue weighted by molar-refractivity contribution is 7.99. The Hall–Kier alpha value is -1.76. The van der Waals surface area contributed by atoms with Crippen LogP contribution in [0.2, 0.25) is 5.02 Å². The van der Waals surface area contributed by atoms with E-state index in [2.05, 4.69) is 5.32 Å². The maximum atomic E-state index is 13.3. The molecule has 0 aliphatic carbocycles. The predicted molar refractivity (Wildman–Crippen MR) is 97.1 cm³/mol. The van der Waals surface area contributed by atoms with Crippen molar-refractivity contribution >= 4 is 29.3 Å². The first kappa shape index (κ1) is 19.6. The summed E-state index contributed by atoms with van der Waals surface area (Å²) in [6.45, 7) is 2.91. The summed E-state index contributed by atoms with van der Waals surface area (Å²) in [7, 11) is 0. The molecule has 0 saturated heterocycles. The Morgan fingerprint density at radius 3 is 2.84 bits per heavy atom. The fourth-order valence-electron chi connectivity index (χ4n) is 2.04. The molecule has 0 fully saturated rings. The quantitative estimate of drug-likeness (QED) is 0.675. The normalized spacial score (nSPS) is 12.0. The van der Waals surface area contributed by atoms with E-state index in [-0.39, 0.29) is 17.5 Å². The van der Waals surface area contributed by atoms with Crippen LogP contribution < -0.4 is 10.1 Å². The minimum absolute atomic E-state index is 0.0674. The number of hydrogen-bond acceptors (Lipinski definition) is 4. The highest BCUT2D eigenvalue weighted by Crippen LogP contribution is 2.36. The van der Waals surface area contributed by atoms with Gasteiger partial charge < -0.3 is 15.2 Å². The van der Waals surface area contributed by atoms with E-state index < -0.39 is 11.8 Å². The maximum absolute atomic E-state index is 13.3. The van der Waals surface area contributed by atoms with Crippen molar-refractivity contribution in [1.29, 1.82) is 0 Å². The van der Waals surface area contributed by atoms with Gasteiger partial charge in [0.25, 0.3) is 0 Å². The minimum atomic E-state index is -0.882. The van der Waals surface area contributed by atoms with E-state index in [0.29, 0.717) is 13.2 Å². The molecule has 0 heterocycles. The third-order valence-corrected chi connectivity index (χ3v) is 4.60. The van der Waals surface area contributed by atoms with E-state index in [1.54, 1.807) is 12.1 Å². The summed E-state index contributed by atoms with van der Waals surface area (Å²) >= 11 is 7.27. The first-order valence-corrected chi connectivity index (χ1v) is 8.92. The van der Waals surface area contributed by atoms with Crippen LogP contribution in [0, 0.1) is 11.7 Å². The van der Waals surface area contributed by atoms with Gasteiger partial charge in [-0.05, 0) is 30.3 Å². The second-order valence-corrected chi connectivity index (χ2v) is 7.09. The van der Waals surface area contributed by atoms with Crippen molar-refractivity contribution in [2.45, 2.75) is 16.7 Å². The van der Waals surface area contributed by atoms with Gasteiger partial charge in [-0.2, -0.15) is 0 Å². The Balaban J connectivity index is 1.95. The summed E-state index contributed by atoms with van der Waals surface area (Å²) in [5.74, 6) is -0.457. The minimum Gasteiger partial charge on any atom is -0.492 e. The summed E-state index contributed by atoms with van der Waals surface area (Å²) in [6, 6.07) is 12.2.